The van der Waals surface area contributed by atoms with Crippen LogP contribution >= 0.6 is 11.3 Å². The van der Waals surface area contributed by atoms with Crippen LogP contribution in [0, 0.1) is 20.8 Å². The highest BCUT2D eigenvalue weighted by Gasteiger charge is 2.16. The minimum Gasteiger partial charge on any atom is -0.308 e. The molecule has 0 bridgehead atoms. The second kappa shape index (κ2) is 7.00. The fraction of sp³-hybridized carbons (Fsp3) is 0.471. The van der Waals surface area contributed by atoms with E-state index < -0.39 is 0 Å². The molecule has 0 fully saturated rings. The molecule has 2 rings (SSSR count). The van der Waals surface area contributed by atoms with E-state index in [4.69, 9.17) is 0 Å². The van der Waals surface area contributed by atoms with Crippen molar-refractivity contribution in [3.05, 3.63) is 51.0 Å². The smallest absolute Gasteiger partial charge is 0.0795 e. The first-order valence-corrected chi connectivity index (χ1v) is 8.24. The van der Waals surface area contributed by atoms with E-state index in [-0.39, 0.29) is 0 Å². The zero-order valence-electron chi connectivity index (χ0n) is 12.9. The SMILES string of the molecule is CCCNC(Cc1c(C)cc(C)cc1C)c1cscn1. The van der Waals surface area contributed by atoms with Crippen LogP contribution in [0.4, 0.5) is 0 Å². The van der Waals surface area contributed by atoms with E-state index in [2.05, 4.69) is 55.5 Å². The minimum absolute atomic E-state index is 0.321. The average Bonchev–Trinajstić information content (AvgIpc) is 2.91. The molecule has 0 saturated heterocycles. The van der Waals surface area contributed by atoms with Crippen LogP contribution in [-0.2, 0) is 6.42 Å². The number of aromatic nitrogens is 1. The third kappa shape index (κ3) is 3.68. The van der Waals surface area contributed by atoms with Crippen LogP contribution in [-0.4, -0.2) is 11.5 Å². The third-order valence-electron chi connectivity index (χ3n) is 3.70. The summed E-state index contributed by atoms with van der Waals surface area (Å²) in [5, 5.41) is 5.79. The molecule has 1 N–H and O–H groups in total. The third-order valence-corrected chi connectivity index (χ3v) is 4.30. The number of rotatable bonds is 6. The highest BCUT2D eigenvalue weighted by Crippen LogP contribution is 2.24. The van der Waals surface area contributed by atoms with Gasteiger partial charge in [-0.2, -0.15) is 0 Å². The van der Waals surface area contributed by atoms with Crippen molar-refractivity contribution in [3.63, 3.8) is 0 Å². The Hall–Kier alpha value is -1.19. The highest BCUT2D eigenvalue weighted by atomic mass is 32.1. The molecule has 1 aromatic carbocycles. The van der Waals surface area contributed by atoms with Crippen molar-refractivity contribution < 1.29 is 0 Å². The lowest BCUT2D eigenvalue weighted by Crippen LogP contribution is -2.25. The van der Waals surface area contributed by atoms with Crippen LogP contribution in [0.5, 0.6) is 0 Å². The molecule has 0 aliphatic rings. The first kappa shape index (κ1) is 15.2. The number of benzene rings is 1. The maximum atomic E-state index is 4.50. The molecule has 0 radical (unpaired) electrons. The van der Waals surface area contributed by atoms with Gasteiger partial charge < -0.3 is 5.32 Å². The van der Waals surface area contributed by atoms with Gasteiger partial charge in [0.1, 0.15) is 0 Å². The lowest BCUT2D eigenvalue weighted by Gasteiger charge is -2.20. The Morgan fingerprint density at radius 1 is 1.20 bits per heavy atom. The fourth-order valence-corrected chi connectivity index (χ4v) is 3.34. The van der Waals surface area contributed by atoms with Crippen molar-refractivity contribution in [1.29, 1.82) is 0 Å². The summed E-state index contributed by atoms with van der Waals surface area (Å²) in [6.07, 6.45) is 2.16. The molecule has 1 heterocycles. The van der Waals surface area contributed by atoms with Crippen LogP contribution in [0.2, 0.25) is 0 Å². The maximum Gasteiger partial charge on any atom is 0.0795 e. The number of aryl methyl sites for hydroxylation is 3. The summed E-state index contributed by atoms with van der Waals surface area (Å²) in [6.45, 7) is 9.83. The molecule has 1 unspecified atom stereocenters. The number of thiazole rings is 1. The fourth-order valence-electron chi connectivity index (χ4n) is 2.73. The van der Waals surface area contributed by atoms with E-state index in [1.54, 1.807) is 11.3 Å². The maximum absolute atomic E-state index is 4.50. The van der Waals surface area contributed by atoms with Gasteiger partial charge in [0, 0.05) is 5.38 Å². The van der Waals surface area contributed by atoms with Crippen LogP contribution in [0.25, 0.3) is 0 Å². The Morgan fingerprint density at radius 3 is 2.45 bits per heavy atom. The van der Waals surface area contributed by atoms with Gasteiger partial charge in [-0.05, 0) is 56.8 Å². The lowest BCUT2D eigenvalue weighted by molar-refractivity contribution is 0.518. The average molecular weight is 288 g/mol. The largest absolute Gasteiger partial charge is 0.308 e. The van der Waals surface area contributed by atoms with Crippen LogP contribution in [0.3, 0.4) is 0 Å². The van der Waals surface area contributed by atoms with Gasteiger partial charge >= 0.3 is 0 Å². The summed E-state index contributed by atoms with van der Waals surface area (Å²) in [5.41, 5.74) is 8.67. The quantitative estimate of drug-likeness (QED) is 0.854. The minimum atomic E-state index is 0.321. The van der Waals surface area contributed by atoms with Gasteiger partial charge in [0.2, 0.25) is 0 Å². The Labute approximate surface area is 126 Å². The molecule has 0 spiro atoms. The van der Waals surface area contributed by atoms with Crippen molar-refractivity contribution in [3.8, 4) is 0 Å². The molecule has 20 heavy (non-hydrogen) atoms. The number of nitrogens with zero attached hydrogens (tertiary/aromatic N) is 1. The van der Waals surface area contributed by atoms with Crippen LogP contribution < -0.4 is 5.32 Å². The van der Waals surface area contributed by atoms with Crippen LogP contribution in [0.1, 0.15) is 47.3 Å². The normalized spacial score (nSPS) is 12.6. The number of hydrogen-bond donors (Lipinski definition) is 1. The Morgan fingerprint density at radius 2 is 1.90 bits per heavy atom. The van der Waals surface area contributed by atoms with Crippen molar-refractivity contribution in [2.24, 2.45) is 0 Å². The summed E-state index contributed by atoms with van der Waals surface area (Å²) in [7, 11) is 0. The van der Waals surface area contributed by atoms with E-state index in [0.29, 0.717) is 6.04 Å². The first-order chi connectivity index (χ1) is 9.61. The molecule has 3 heteroatoms. The Kier molecular flexibility index (Phi) is 5.32. The molecule has 108 valence electrons. The second-order valence-corrected chi connectivity index (χ2v) is 6.22. The van der Waals surface area contributed by atoms with Crippen molar-refractivity contribution >= 4 is 11.3 Å². The van der Waals surface area contributed by atoms with Crippen molar-refractivity contribution in [2.45, 2.75) is 46.6 Å². The Bertz CT molecular complexity index is 523. The molecule has 1 atom stereocenters. The summed E-state index contributed by atoms with van der Waals surface area (Å²) in [6, 6.07) is 4.88. The monoisotopic (exact) mass is 288 g/mol. The topological polar surface area (TPSA) is 24.9 Å². The molecule has 2 aromatic rings. The van der Waals surface area contributed by atoms with Gasteiger partial charge in [-0.15, -0.1) is 11.3 Å². The summed E-state index contributed by atoms with van der Waals surface area (Å²) >= 11 is 1.67. The standard InChI is InChI=1S/C17H24N2S/c1-5-6-18-16(17-10-20-11-19-17)9-15-13(3)7-12(2)8-14(15)4/h7-8,10-11,16,18H,5-6,9H2,1-4H3. The highest BCUT2D eigenvalue weighted by molar-refractivity contribution is 7.07. The molecule has 0 amide bonds. The van der Waals surface area contributed by atoms with Gasteiger partial charge in [-0.1, -0.05) is 24.6 Å². The van der Waals surface area contributed by atoms with Gasteiger partial charge in [0.15, 0.2) is 0 Å². The lowest BCUT2D eigenvalue weighted by atomic mass is 9.93. The zero-order valence-corrected chi connectivity index (χ0v) is 13.7. The first-order valence-electron chi connectivity index (χ1n) is 7.30. The summed E-state index contributed by atoms with van der Waals surface area (Å²) < 4.78 is 0. The molecular weight excluding hydrogens is 264 g/mol. The van der Waals surface area contributed by atoms with E-state index in [1.807, 2.05) is 5.51 Å². The molecular formula is C17H24N2S. The number of hydrogen-bond acceptors (Lipinski definition) is 3. The molecule has 2 nitrogen and oxygen atoms in total. The predicted octanol–water partition coefficient (Wildman–Crippen LogP) is 4.35. The van der Waals surface area contributed by atoms with Crippen LogP contribution in [0.15, 0.2) is 23.0 Å². The molecule has 0 aliphatic carbocycles. The van der Waals surface area contributed by atoms with E-state index in [1.165, 1.54) is 27.9 Å². The van der Waals surface area contributed by atoms with Gasteiger partial charge in [-0.3, -0.25) is 0 Å². The van der Waals surface area contributed by atoms with E-state index >= 15 is 0 Å². The Balaban J connectivity index is 2.24. The van der Waals surface area contributed by atoms with E-state index in [0.717, 1.165) is 19.4 Å². The zero-order chi connectivity index (χ0) is 14.5. The van der Waals surface area contributed by atoms with E-state index in [9.17, 15) is 0 Å². The second-order valence-electron chi connectivity index (χ2n) is 5.50. The van der Waals surface area contributed by atoms with Gasteiger partial charge in [0.25, 0.3) is 0 Å². The van der Waals surface area contributed by atoms with Gasteiger partial charge in [0.05, 0.1) is 17.2 Å². The predicted molar refractivity (Wildman–Crippen MR) is 87.5 cm³/mol. The summed E-state index contributed by atoms with van der Waals surface area (Å²) in [5.74, 6) is 0. The molecule has 1 aromatic heterocycles. The molecule has 0 saturated carbocycles. The van der Waals surface area contributed by atoms with Gasteiger partial charge in [-0.25, -0.2) is 4.98 Å². The van der Waals surface area contributed by atoms with Crippen molar-refractivity contribution in [1.82, 2.24) is 10.3 Å². The van der Waals surface area contributed by atoms with Crippen molar-refractivity contribution in [2.75, 3.05) is 6.54 Å². The summed E-state index contributed by atoms with van der Waals surface area (Å²) in [4.78, 5) is 4.50. The number of nitrogens with one attached hydrogen (secondary N) is 1. The molecule has 0 aliphatic heterocycles.